The molecule has 0 aliphatic heterocycles. The van der Waals surface area contributed by atoms with Gasteiger partial charge in [-0.3, -0.25) is 0 Å². The summed E-state index contributed by atoms with van der Waals surface area (Å²) in [6.45, 7) is 4.01. The van der Waals surface area contributed by atoms with E-state index in [9.17, 15) is 0 Å². The highest BCUT2D eigenvalue weighted by atomic mass is 79.9. The predicted molar refractivity (Wildman–Crippen MR) is 77.2 cm³/mol. The summed E-state index contributed by atoms with van der Waals surface area (Å²) < 4.78 is 16.3. The molecule has 0 aliphatic rings. The Morgan fingerprint density at radius 3 is 2.67 bits per heavy atom. The van der Waals surface area contributed by atoms with Crippen molar-refractivity contribution in [2.24, 2.45) is 0 Å². The van der Waals surface area contributed by atoms with Gasteiger partial charge in [-0.05, 0) is 13.0 Å². The fourth-order valence-corrected chi connectivity index (χ4v) is 2.16. The molecular formula is C13H18BrClO3. The highest BCUT2D eigenvalue weighted by Gasteiger charge is 2.11. The Morgan fingerprint density at radius 2 is 2.06 bits per heavy atom. The summed E-state index contributed by atoms with van der Waals surface area (Å²) in [5.41, 5.74) is 0.982. The van der Waals surface area contributed by atoms with Crippen molar-refractivity contribution in [3.8, 4) is 11.5 Å². The average Bonchev–Trinajstić information content (AvgIpc) is 2.39. The molecule has 0 amide bonds. The lowest BCUT2D eigenvalue weighted by Gasteiger charge is -2.14. The van der Waals surface area contributed by atoms with Crippen molar-refractivity contribution in [1.29, 1.82) is 0 Å². The molecule has 1 aromatic carbocycles. The van der Waals surface area contributed by atoms with Crippen LogP contribution in [0, 0.1) is 0 Å². The number of hydrogen-bond acceptors (Lipinski definition) is 3. The topological polar surface area (TPSA) is 27.7 Å². The highest BCUT2D eigenvalue weighted by Crippen LogP contribution is 2.35. The van der Waals surface area contributed by atoms with Crippen LogP contribution in [-0.4, -0.2) is 26.9 Å². The van der Waals surface area contributed by atoms with Crippen LogP contribution < -0.4 is 9.47 Å². The van der Waals surface area contributed by atoms with Gasteiger partial charge in [-0.2, -0.15) is 0 Å². The lowest BCUT2D eigenvalue weighted by atomic mass is 10.2. The molecule has 102 valence electrons. The largest absolute Gasteiger partial charge is 0.493 e. The molecule has 0 fully saturated rings. The van der Waals surface area contributed by atoms with Crippen LogP contribution in [0.2, 0.25) is 5.02 Å². The maximum Gasteiger partial charge on any atom is 0.165 e. The Kier molecular flexibility index (Phi) is 7.47. The minimum Gasteiger partial charge on any atom is -0.493 e. The molecular weight excluding hydrogens is 319 g/mol. The van der Waals surface area contributed by atoms with Gasteiger partial charge in [0.05, 0.1) is 13.7 Å². The van der Waals surface area contributed by atoms with Crippen LogP contribution in [0.3, 0.4) is 0 Å². The number of alkyl halides is 1. The number of hydrogen-bond donors (Lipinski definition) is 0. The standard InChI is InChI=1S/C13H18BrClO3/c1-3-17-5-4-6-18-13-10(9-14)7-11(15)8-12(13)16-2/h7-8H,3-6,9H2,1-2H3. The second-order valence-corrected chi connectivity index (χ2v) is 4.63. The molecule has 0 aromatic heterocycles. The molecule has 0 spiro atoms. The minimum atomic E-state index is 0.595. The molecule has 1 rings (SSSR count). The first-order valence-corrected chi connectivity index (χ1v) is 7.35. The van der Waals surface area contributed by atoms with Crippen molar-refractivity contribution >= 4 is 27.5 Å². The lowest BCUT2D eigenvalue weighted by Crippen LogP contribution is -2.05. The molecule has 1 aromatic rings. The van der Waals surface area contributed by atoms with E-state index in [4.69, 9.17) is 25.8 Å². The number of halogens is 2. The van der Waals surface area contributed by atoms with Crippen LogP contribution in [0.25, 0.3) is 0 Å². The van der Waals surface area contributed by atoms with Gasteiger partial charge in [-0.1, -0.05) is 27.5 Å². The third-order valence-electron chi connectivity index (χ3n) is 2.34. The zero-order valence-corrected chi connectivity index (χ0v) is 13.0. The first-order chi connectivity index (χ1) is 8.72. The van der Waals surface area contributed by atoms with Gasteiger partial charge in [0.2, 0.25) is 0 Å². The van der Waals surface area contributed by atoms with Crippen molar-refractivity contribution in [3.63, 3.8) is 0 Å². The zero-order chi connectivity index (χ0) is 13.4. The van der Waals surface area contributed by atoms with E-state index in [1.165, 1.54) is 0 Å². The Hall–Kier alpha value is -0.450. The number of rotatable bonds is 8. The fourth-order valence-electron chi connectivity index (χ4n) is 1.52. The smallest absolute Gasteiger partial charge is 0.165 e. The van der Waals surface area contributed by atoms with Gasteiger partial charge >= 0.3 is 0 Å². The summed E-state index contributed by atoms with van der Waals surface area (Å²) in [7, 11) is 1.61. The molecule has 5 heteroatoms. The van der Waals surface area contributed by atoms with Crippen molar-refractivity contribution in [1.82, 2.24) is 0 Å². The zero-order valence-electron chi connectivity index (χ0n) is 10.7. The third kappa shape index (κ3) is 4.67. The molecule has 0 unspecified atom stereocenters. The second kappa shape index (κ2) is 8.62. The van der Waals surface area contributed by atoms with Gasteiger partial charge in [0.25, 0.3) is 0 Å². The molecule has 0 atom stereocenters. The van der Waals surface area contributed by atoms with Crippen LogP contribution in [-0.2, 0) is 10.1 Å². The highest BCUT2D eigenvalue weighted by molar-refractivity contribution is 9.08. The maximum atomic E-state index is 6.01. The Labute approximate surface area is 121 Å². The van der Waals surface area contributed by atoms with E-state index in [1.807, 2.05) is 13.0 Å². The SMILES string of the molecule is CCOCCCOc1c(CBr)cc(Cl)cc1OC. The third-order valence-corrected chi connectivity index (χ3v) is 3.17. The van der Waals surface area contributed by atoms with Crippen LogP contribution in [0.15, 0.2) is 12.1 Å². The lowest BCUT2D eigenvalue weighted by molar-refractivity contribution is 0.130. The Balaban J connectivity index is 2.67. The van der Waals surface area contributed by atoms with E-state index in [-0.39, 0.29) is 0 Å². The quantitative estimate of drug-likeness (QED) is 0.529. The summed E-state index contributed by atoms with van der Waals surface area (Å²) in [5, 5.41) is 1.31. The summed E-state index contributed by atoms with van der Waals surface area (Å²) in [5.74, 6) is 1.41. The van der Waals surface area contributed by atoms with E-state index < -0.39 is 0 Å². The fraction of sp³-hybridized carbons (Fsp3) is 0.538. The second-order valence-electron chi connectivity index (χ2n) is 3.63. The first kappa shape index (κ1) is 15.6. The summed E-state index contributed by atoms with van der Waals surface area (Å²) in [6, 6.07) is 3.63. The van der Waals surface area contributed by atoms with Gasteiger partial charge in [0.15, 0.2) is 11.5 Å². The summed E-state index contributed by atoms with van der Waals surface area (Å²) in [4.78, 5) is 0. The summed E-state index contributed by atoms with van der Waals surface area (Å²) >= 11 is 9.43. The van der Waals surface area contributed by atoms with E-state index in [1.54, 1.807) is 13.2 Å². The molecule has 18 heavy (non-hydrogen) atoms. The summed E-state index contributed by atoms with van der Waals surface area (Å²) in [6.07, 6.45) is 0.849. The molecule has 0 heterocycles. The molecule has 0 saturated heterocycles. The molecule has 0 radical (unpaired) electrons. The maximum absolute atomic E-state index is 6.01. The molecule has 0 N–H and O–H groups in total. The van der Waals surface area contributed by atoms with E-state index >= 15 is 0 Å². The van der Waals surface area contributed by atoms with Gasteiger partial charge in [-0.25, -0.2) is 0 Å². The van der Waals surface area contributed by atoms with Crippen LogP contribution in [0.1, 0.15) is 18.9 Å². The van der Waals surface area contributed by atoms with Gasteiger partial charge in [-0.15, -0.1) is 0 Å². The normalized spacial score (nSPS) is 10.4. The minimum absolute atomic E-state index is 0.595. The van der Waals surface area contributed by atoms with Gasteiger partial charge in [0, 0.05) is 41.6 Å². The number of methoxy groups -OCH3 is 1. The average molecular weight is 338 g/mol. The van der Waals surface area contributed by atoms with Gasteiger partial charge in [0.1, 0.15) is 0 Å². The van der Waals surface area contributed by atoms with Crippen molar-refractivity contribution in [2.45, 2.75) is 18.7 Å². The Morgan fingerprint density at radius 1 is 1.28 bits per heavy atom. The number of ether oxygens (including phenoxy) is 3. The van der Waals surface area contributed by atoms with E-state index in [0.29, 0.717) is 29.3 Å². The van der Waals surface area contributed by atoms with Crippen molar-refractivity contribution in [3.05, 3.63) is 22.7 Å². The molecule has 0 saturated carbocycles. The van der Waals surface area contributed by atoms with Crippen molar-refractivity contribution in [2.75, 3.05) is 26.9 Å². The van der Waals surface area contributed by atoms with Crippen LogP contribution in [0.4, 0.5) is 0 Å². The van der Waals surface area contributed by atoms with Crippen molar-refractivity contribution < 1.29 is 14.2 Å². The molecule has 3 nitrogen and oxygen atoms in total. The van der Waals surface area contributed by atoms with Gasteiger partial charge < -0.3 is 14.2 Å². The molecule has 0 aliphatic carbocycles. The molecule has 0 bridgehead atoms. The van der Waals surface area contributed by atoms with Crippen LogP contribution in [0.5, 0.6) is 11.5 Å². The van der Waals surface area contributed by atoms with Crippen LogP contribution >= 0.6 is 27.5 Å². The monoisotopic (exact) mass is 336 g/mol. The van der Waals surface area contributed by atoms with E-state index in [0.717, 1.165) is 24.3 Å². The van der Waals surface area contributed by atoms with E-state index in [2.05, 4.69) is 15.9 Å². The predicted octanol–water partition coefficient (Wildman–Crippen LogP) is 4.05. The Bertz CT molecular complexity index is 346. The number of benzene rings is 1. The first-order valence-electron chi connectivity index (χ1n) is 5.85.